The number of nitrogens with one attached hydrogen (secondary N) is 1. The molecule has 5 rings (SSSR count). The first-order valence-electron chi connectivity index (χ1n) is 11.7. The number of benzene rings is 2. The number of rotatable bonds is 7. The van der Waals surface area contributed by atoms with Gasteiger partial charge in [0, 0.05) is 18.1 Å². The standard InChI is InChI=1S/C27H26ClN3O4/c1-34-24-14-25-23(13-21(24)28)31-27(35-25)30-20-10-11-22(29-15-20)19-8-6-18(7-9-19)17-4-2-16(3-5-17)12-26(32)33/h6-11,13-17H,2-5,12H2,1H3,(H,30,31)(H,32,33). The minimum Gasteiger partial charge on any atom is -0.495 e. The van der Waals surface area contributed by atoms with Crippen LogP contribution in [0.15, 0.2) is 59.1 Å². The Balaban J connectivity index is 1.23. The number of ether oxygens (including phenoxy) is 1. The second-order valence-corrected chi connectivity index (χ2v) is 9.38. The zero-order chi connectivity index (χ0) is 24.4. The van der Waals surface area contributed by atoms with Gasteiger partial charge in [-0.05, 0) is 61.3 Å². The van der Waals surface area contributed by atoms with Crippen LogP contribution in [0.4, 0.5) is 11.7 Å². The van der Waals surface area contributed by atoms with Crippen LogP contribution >= 0.6 is 11.6 Å². The maximum absolute atomic E-state index is 10.9. The number of aromatic nitrogens is 2. The Morgan fingerprint density at radius 2 is 1.91 bits per heavy atom. The summed E-state index contributed by atoms with van der Waals surface area (Å²) in [5.41, 5.74) is 5.21. The van der Waals surface area contributed by atoms with Crippen LogP contribution in [0.1, 0.15) is 43.6 Å². The fourth-order valence-electron chi connectivity index (χ4n) is 4.77. The third-order valence-electron chi connectivity index (χ3n) is 6.66. The van der Waals surface area contributed by atoms with E-state index in [1.165, 1.54) is 5.56 Å². The van der Waals surface area contributed by atoms with Crippen LogP contribution in [0.25, 0.3) is 22.4 Å². The predicted molar refractivity (Wildman–Crippen MR) is 135 cm³/mol. The lowest BCUT2D eigenvalue weighted by molar-refractivity contribution is -0.138. The van der Waals surface area contributed by atoms with Crippen molar-refractivity contribution in [2.45, 2.75) is 38.0 Å². The highest BCUT2D eigenvalue weighted by molar-refractivity contribution is 6.32. The van der Waals surface area contributed by atoms with Crippen LogP contribution in [0.5, 0.6) is 5.75 Å². The highest BCUT2D eigenvalue weighted by Gasteiger charge is 2.24. The van der Waals surface area contributed by atoms with Crippen LogP contribution in [0, 0.1) is 5.92 Å². The largest absolute Gasteiger partial charge is 0.495 e. The van der Waals surface area contributed by atoms with E-state index in [1.807, 2.05) is 12.1 Å². The van der Waals surface area contributed by atoms with E-state index in [0.717, 1.165) is 42.6 Å². The average molecular weight is 492 g/mol. The number of hydrogen-bond acceptors (Lipinski definition) is 6. The molecule has 0 radical (unpaired) electrons. The number of carboxylic acid groups (broad SMARTS) is 1. The number of aliphatic carboxylic acids is 1. The van der Waals surface area contributed by atoms with Crippen molar-refractivity contribution in [3.63, 3.8) is 0 Å². The molecule has 0 aliphatic heterocycles. The Labute approximate surface area is 208 Å². The number of pyridine rings is 1. The van der Waals surface area contributed by atoms with Crippen molar-refractivity contribution in [3.8, 4) is 17.0 Å². The Kier molecular flexibility index (Phi) is 6.59. The fraction of sp³-hybridized carbons (Fsp3) is 0.296. The molecule has 0 spiro atoms. The highest BCUT2D eigenvalue weighted by Crippen LogP contribution is 2.37. The van der Waals surface area contributed by atoms with E-state index in [2.05, 4.69) is 39.6 Å². The van der Waals surface area contributed by atoms with E-state index in [4.69, 9.17) is 25.9 Å². The SMILES string of the molecule is COc1cc2oc(Nc3ccc(-c4ccc(C5CCC(CC(=O)O)CC5)cc4)nc3)nc2cc1Cl. The molecule has 0 amide bonds. The van der Waals surface area contributed by atoms with Gasteiger partial charge in [0.15, 0.2) is 5.58 Å². The third kappa shape index (κ3) is 5.25. The number of fused-ring (bicyclic) bond motifs is 1. The molecule has 1 fully saturated rings. The first-order chi connectivity index (χ1) is 17.0. The second kappa shape index (κ2) is 9.96. The molecule has 2 N–H and O–H groups in total. The number of hydrogen-bond donors (Lipinski definition) is 2. The van der Waals surface area contributed by atoms with E-state index in [-0.39, 0.29) is 6.42 Å². The summed E-state index contributed by atoms with van der Waals surface area (Å²) in [4.78, 5) is 20.0. The van der Waals surface area contributed by atoms with Crippen LogP contribution in [-0.2, 0) is 4.79 Å². The molecule has 1 aliphatic rings. The Morgan fingerprint density at radius 1 is 1.14 bits per heavy atom. The number of carbonyl (C=O) groups is 1. The van der Waals surface area contributed by atoms with Crippen molar-refractivity contribution in [2.24, 2.45) is 5.92 Å². The lowest BCUT2D eigenvalue weighted by atomic mass is 9.77. The number of oxazole rings is 1. The van der Waals surface area contributed by atoms with E-state index >= 15 is 0 Å². The molecule has 0 saturated heterocycles. The van der Waals surface area contributed by atoms with Gasteiger partial charge >= 0.3 is 5.97 Å². The predicted octanol–water partition coefficient (Wildman–Crippen LogP) is 7.04. The number of carboxylic acids is 1. The summed E-state index contributed by atoms with van der Waals surface area (Å²) in [5, 5.41) is 12.6. The summed E-state index contributed by atoms with van der Waals surface area (Å²) in [6, 6.07) is 16.2. The van der Waals surface area contributed by atoms with E-state index < -0.39 is 5.97 Å². The molecule has 0 atom stereocenters. The van der Waals surface area contributed by atoms with Crippen molar-refractivity contribution in [2.75, 3.05) is 12.4 Å². The lowest BCUT2D eigenvalue weighted by Crippen LogP contribution is -2.16. The molecule has 180 valence electrons. The van der Waals surface area contributed by atoms with Gasteiger partial charge in [0.2, 0.25) is 0 Å². The summed E-state index contributed by atoms with van der Waals surface area (Å²) in [6.07, 6.45) is 6.09. The number of nitrogens with zero attached hydrogens (tertiary/aromatic N) is 2. The maximum Gasteiger partial charge on any atom is 0.303 e. The van der Waals surface area contributed by atoms with Crippen LogP contribution < -0.4 is 10.1 Å². The highest BCUT2D eigenvalue weighted by atomic mass is 35.5. The van der Waals surface area contributed by atoms with Gasteiger partial charge < -0.3 is 19.6 Å². The third-order valence-corrected chi connectivity index (χ3v) is 6.96. The summed E-state index contributed by atoms with van der Waals surface area (Å²) >= 11 is 6.17. The lowest BCUT2D eigenvalue weighted by Gasteiger charge is -2.28. The average Bonchev–Trinajstić information content (AvgIpc) is 3.25. The van der Waals surface area contributed by atoms with E-state index in [9.17, 15) is 4.79 Å². The molecule has 2 aromatic carbocycles. The molecule has 2 aromatic heterocycles. The first-order valence-corrected chi connectivity index (χ1v) is 12.1. The summed E-state index contributed by atoms with van der Waals surface area (Å²) in [5.74, 6) is 0.658. The molecule has 2 heterocycles. The van der Waals surface area contributed by atoms with Gasteiger partial charge in [-0.1, -0.05) is 35.9 Å². The molecule has 8 heteroatoms. The van der Waals surface area contributed by atoms with E-state index in [0.29, 0.717) is 39.7 Å². The Bertz CT molecular complexity index is 1330. The smallest absolute Gasteiger partial charge is 0.303 e. The summed E-state index contributed by atoms with van der Waals surface area (Å²) in [6.45, 7) is 0. The van der Waals surface area contributed by atoms with E-state index in [1.54, 1.807) is 25.4 Å². The molecule has 35 heavy (non-hydrogen) atoms. The molecular weight excluding hydrogens is 466 g/mol. The molecular formula is C27H26ClN3O4. The van der Waals surface area contributed by atoms with Crippen molar-refractivity contribution >= 4 is 40.4 Å². The monoisotopic (exact) mass is 491 g/mol. The minimum atomic E-state index is -0.689. The molecule has 7 nitrogen and oxygen atoms in total. The summed E-state index contributed by atoms with van der Waals surface area (Å²) in [7, 11) is 1.55. The zero-order valence-corrected chi connectivity index (χ0v) is 20.1. The molecule has 4 aromatic rings. The first kappa shape index (κ1) is 23.2. The van der Waals surface area contributed by atoms with Crippen molar-refractivity contribution in [3.05, 3.63) is 65.3 Å². The van der Waals surface area contributed by atoms with Gasteiger partial charge in [-0.25, -0.2) is 0 Å². The molecule has 0 bridgehead atoms. The Hall–Kier alpha value is -3.58. The van der Waals surface area contributed by atoms with Crippen LogP contribution in [-0.4, -0.2) is 28.2 Å². The van der Waals surface area contributed by atoms with Gasteiger partial charge in [-0.2, -0.15) is 4.98 Å². The zero-order valence-electron chi connectivity index (χ0n) is 19.3. The number of anilines is 2. The number of methoxy groups -OCH3 is 1. The normalized spacial score (nSPS) is 17.9. The van der Waals surface area contributed by atoms with Gasteiger partial charge in [-0.3, -0.25) is 9.78 Å². The second-order valence-electron chi connectivity index (χ2n) is 8.97. The molecule has 1 aliphatic carbocycles. The Morgan fingerprint density at radius 3 is 2.57 bits per heavy atom. The van der Waals surface area contributed by atoms with Gasteiger partial charge in [-0.15, -0.1) is 0 Å². The van der Waals surface area contributed by atoms with Crippen molar-refractivity contribution in [1.82, 2.24) is 9.97 Å². The van der Waals surface area contributed by atoms with Gasteiger partial charge in [0.25, 0.3) is 6.01 Å². The van der Waals surface area contributed by atoms with Crippen LogP contribution in [0.2, 0.25) is 5.02 Å². The maximum atomic E-state index is 10.9. The molecule has 1 saturated carbocycles. The fourth-order valence-corrected chi connectivity index (χ4v) is 5.01. The molecule has 0 unspecified atom stereocenters. The van der Waals surface area contributed by atoms with Crippen LogP contribution in [0.3, 0.4) is 0 Å². The summed E-state index contributed by atoms with van der Waals surface area (Å²) < 4.78 is 11.0. The topological polar surface area (TPSA) is 97.5 Å². The quantitative estimate of drug-likeness (QED) is 0.286. The minimum absolute atomic E-state index is 0.289. The van der Waals surface area contributed by atoms with Crippen molar-refractivity contribution in [1.29, 1.82) is 0 Å². The van der Waals surface area contributed by atoms with Gasteiger partial charge in [0.1, 0.15) is 11.3 Å². The van der Waals surface area contributed by atoms with Gasteiger partial charge in [0.05, 0.1) is 29.7 Å². The number of halogens is 1. The van der Waals surface area contributed by atoms with Crippen molar-refractivity contribution < 1.29 is 19.1 Å².